The fourth-order valence-electron chi connectivity index (χ4n) is 3.54. The van der Waals surface area contributed by atoms with Crippen LogP contribution in [0.25, 0.3) is 11.6 Å². The van der Waals surface area contributed by atoms with Crippen molar-refractivity contribution < 1.29 is 9.32 Å². The normalized spacial score (nSPS) is 17.1. The lowest BCUT2D eigenvalue weighted by Gasteiger charge is -2.32. The van der Waals surface area contributed by atoms with Crippen molar-refractivity contribution in [3.63, 3.8) is 0 Å². The summed E-state index contributed by atoms with van der Waals surface area (Å²) in [7, 11) is 0. The quantitative estimate of drug-likeness (QED) is 0.672. The molecule has 152 valence electrons. The number of hydrogen-bond donors (Lipinski definition) is 0. The SMILES string of the molecule is Cc1ccc(C(=O)N2CCCC(n3cc(-c4nc(C(C)C)no4)nn3)C2)cc1C. The molecule has 1 atom stereocenters. The molecule has 1 aliphatic rings. The fourth-order valence-corrected chi connectivity index (χ4v) is 3.54. The smallest absolute Gasteiger partial charge is 0.280 e. The van der Waals surface area contributed by atoms with Gasteiger partial charge < -0.3 is 9.42 Å². The summed E-state index contributed by atoms with van der Waals surface area (Å²) in [6, 6.07) is 5.96. The van der Waals surface area contributed by atoms with Crippen molar-refractivity contribution >= 4 is 5.91 Å². The first-order chi connectivity index (χ1) is 13.9. The first kappa shape index (κ1) is 19.3. The lowest BCUT2D eigenvalue weighted by molar-refractivity contribution is 0.0671. The van der Waals surface area contributed by atoms with E-state index in [0.717, 1.165) is 30.5 Å². The summed E-state index contributed by atoms with van der Waals surface area (Å²) < 4.78 is 7.12. The van der Waals surface area contributed by atoms with Gasteiger partial charge in [0.15, 0.2) is 11.5 Å². The van der Waals surface area contributed by atoms with Crippen LogP contribution < -0.4 is 0 Å². The largest absolute Gasteiger partial charge is 0.337 e. The van der Waals surface area contributed by atoms with E-state index in [1.807, 2.05) is 54.7 Å². The second-order valence-electron chi connectivity index (χ2n) is 8.04. The zero-order valence-corrected chi connectivity index (χ0v) is 17.3. The number of carbonyl (C=O) groups excluding carboxylic acids is 1. The van der Waals surface area contributed by atoms with E-state index in [1.54, 1.807) is 0 Å². The first-order valence-electron chi connectivity index (χ1n) is 10.0. The van der Waals surface area contributed by atoms with Crippen LogP contribution in [-0.4, -0.2) is 49.0 Å². The number of aryl methyl sites for hydroxylation is 2. The fraction of sp³-hybridized carbons (Fsp3) is 0.476. The molecule has 4 rings (SSSR count). The summed E-state index contributed by atoms with van der Waals surface area (Å²) in [5.74, 6) is 1.28. The molecule has 1 saturated heterocycles. The number of amides is 1. The predicted molar refractivity (Wildman–Crippen MR) is 107 cm³/mol. The number of piperidine rings is 1. The molecular formula is C21H26N6O2. The Balaban J connectivity index is 1.49. The molecule has 1 aliphatic heterocycles. The average Bonchev–Trinajstić information content (AvgIpc) is 3.39. The van der Waals surface area contributed by atoms with Crippen LogP contribution in [0.1, 0.15) is 66.0 Å². The maximum Gasteiger partial charge on any atom is 0.280 e. The summed E-state index contributed by atoms with van der Waals surface area (Å²) >= 11 is 0. The second kappa shape index (κ2) is 7.77. The molecule has 1 unspecified atom stereocenters. The maximum absolute atomic E-state index is 13.0. The molecule has 1 amide bonds. The van der Waals surface area contributed by atoms with Crippen LogP contribution >= 0.6 is 0 Å². The number of aromatic nitrogens is 5. The third-order valence-corrected chi connectivity index (χ3v) is 5.50. The van der Waals surface area contributed by atoms with Crippen molar-refractivity contribution in [2.24, 2.45) is 0 Å². The van der Waals surface area contributed by atoms with Crippen LogP contribution in [0.4, 0.5) is 0 Å². The molecule has 3 aromatic rings. The van der Waals surface area contributed by atoms with Crippen molar-refractivity contribution in [1.29, 1.82) is 0 Å². The highest BCUT2D eigenvalue weighted by Gasteiger charge is 2.27. The highest BCUT2D eigenvalue weighted by molar-refractivity contribution is 5.94. The zero-order chi connectivity index (χ0) is 20.5. The molecule has 2 aromatic heterocycles. The number of carbonyl (C=O) groups is 1. The summed E-state index contributed by atoms with van der Waals surface area (Å²) in [5, 5.41) is 12.4. The van der Waals surface area contributed by atoms with E-state index in [0.29, 0.717) is 24.0 Å². The van der Waals surface area contributed by atoms with Crippen LogP contribution in [0, 0.1) is 13.8 Å². The van der Waals surface area contributed by atoms with Gasteiger partial charge in [0.05, 0.1) is 12.2 Å². The molecule has 0 spiro atoms. The number of benzene rings is 1. The maximum atomic E-state index is 13.0. The number of nitrogens with zero attached hydrogens (tertiary/aromatic N) is 6. The van der Waals surface area contributed by atoms with Crippen molar-refractivity contribution in [2.75, 3.05) is 13.1 Å². The molecule has 0 radical (unpaired) electrons. The van der Waals surface area contributed by atoms with Crippen LogP contribution in [0.5, 0.6) is 0 Å². The van der Waals surface area contributed by atoms with Gasteiger partial charge in [0.2, 0.25) is 0 Å². The lowest BCUT2D eigenvalue weighted by atomic mass is 10.0. The minimum atomic E-state index is 0.0663. The Kier molecular flexibility index (Phi) is 5.17. The van der Waals surface area contributed by atoms with Crippen LogP contribution in [-0.2, 0) is 0 Å². The Labute approximate surface area is 169 Å². The molecule has 1 aromatic carbocycles. The molecule has 1 fully saturated rings. The first-order valence-corrected chi connectivity index (χ1v) is 10.0. The number of likely N-dealkylation sites (tertiary alicyclic amines) is 1. The second-order valence-corrected chi connectivity index (χ2v) is 8.04. The third-order valence-electron chi connectivity index (χ3n) is 5.50. The van der Waals surface area contributed by atoms with E-state index in [1.165, 1.54) is 5.56 Å². The van der Waals surface area contributed by atoms with Crippen LogP contribution in [0.2, 0.25) is 0 Å². The van der Waals surface area contributed by atoms with Crippen LogP contribution in [0.15, 0.2) is 28.9 Å². The molecule has 3 heterocycles. The third kappa shape index (κ3) is 3.92. The molecule has 0 bridgehead atoms. The minimum Gasteiger partial charge on any atom is -0.337 e. The number of rotatable bonds is 4. The standard InChI is InChI=1S/C21H26N6O2/c1-13(2)19-22-20(29-24-19)18-12-27(25-23-18)17-6-5-9-26(11-17)21(28)16-8-7-14(3)15(4)10-16/h7-8,10,12-13,17H,5-6,9,11H2,1-4H3. The molecular weight excluding hydrogens is 368 g/mol. The van der Waals surface area contributed by atoms with Gasteiger partial charge in [-0.05, 0) is 49.9 Å². The van der Waals surface area contributed by atoms with Crippen molar-refractivity contribution in [1.82, 2.24) is 30.0 Å². The number of hydrogen-bond acceptors (Lipinski definition) is 6. The van der Waals surface area contributed by atoms with Crippen molar-refractivity contribution in [3.05, 3.63) is 46.9 Å². The van der Waals surface area contributed by atoms with Gasteiger partial charge in [-0.15, -0.1) is 5.10 Å². The topological polar surface area (TPSA) is 89.9 Å². The minimum absolute atomic E-state index is 0.0663. The van der Waals surface area contributed by atoms with Crippen molar-refractivity contribution in [2.45, 2.75) is 52.5 Å². The summed E-state index contributed by atoms with van der Waals surface area (Å²) in [4.78, 5) is 19.3. The zero-order valence-electron chi connectivity index (χ0n) is 17.3. The summed E-state index contributed by atoms with van der Waals surface area (Å²) in [5.41, 5.74) is 3.61. The Morgan fingerprint density at radius 1 is 1.24 bits per heavy atom. The van der Waals surface area contributed by atoms with E-state index in [2.05, 4.69) is 27.4 Å². The van der Waals surface area contributed by atoms with Gasteiger partial charge in [0.25, 0.3) is 11.8 Å². The van der Waals surface area contributed by atoms with E-state index in [4.69, 9.17) is 4.52 Å². The Bertz CT molecular complexity index is 1020. The molecule has 0 N–H and O–H groups in total. The summed E-state index contributed by atoms with van der Waals surface area (Å²) in [6.45, 7) is 9.46. The predicted octanol–water partition coefficient (Wildman–Crippen LogP) is 3.55. The highest BCUT2D eigenvalue weighted by atomic mass is 16.5. The van der Waals surface area contributed by atoms with Gasteiger partial charge in [-0.1, -0.05) is 30.3 Å². The van der Waals surface area contributed by atoms with Gasteiger partial charge in [-0.25, -0.2) is 4.68 Å². The average molecular weight is 394 g/mol. The van der Waals surface area contributed by atoms with Crippen LogP contribution in [0.3, 0.4) is 0 Å². The van der Waals surface area contributed by atoms with Gasteiger partial charge in [0, 0.05) is 24.6 Å². The van der Waals surface area contributed by atoms with Gasteiger partial charge in [-0.3, -0.25) is 4.79 Å². The molecule has 8 nitrogen and oxygen atoms in total. The summed E-state index contributed by atoms with van der Waals surface area (Å²) in [6.07, 6.45) is 3.70. The monoisotopic (exact) mass is 394 g/mol. The van der Waals surface area contributed by atoms with E-state index in [-0.39, 0.29) is 17.9 Å². The molecule has 0 saturated carbocycles. The van der Waals surface area contributed by atoms with Gasteiger partial charge in [0.1, 0.15) is 0 Å². The molecule has 0 aliphatic carbocycles. The molecule has 8 heteroatoms. The van der Waals surface area contributed by atoms with E-state index < -0.39 is 0 Å². The van der Waals surface area contributed by atoms with Crippen molar-refractivity contribution in [3.8, 4) is 11.6 Å². The lowest BCUT2D eigenvalue weighted by Crippen LogP contribution is -2.40. The Hall–Kier alpha value is -3.03. The van der Waals surface area contributed by atoms with E-state index in [9.17, 15) is 4.79 Å². The van der Waals surface area contributed by atoms with Gasteiger partial charge in [-0.2, -0.15) is 4.98 Å². The van der Waals surface area contributed by atoms with E-state index >= 15 is 0 Å². The highest BCUT2D eigenvalue weighted by Crippen LogP contribution is 2.25. The molecule has 29 heavy (non-hydrogen) atoms. The Morgan fingerprint density at radius 2 is 2.07 bits per heavy atom. The Morgan fingerprint density at radius 3 is 2.79 bits per heavy atom. The van der Waals surface area contributed by atoms with Gasteiger partial charge >= 0.3 is 0 Å².